The predicted molar refractivity (Wildman–Crippen MR) is 82.9 cm³/mol. The molecular formula is C15H16F3N3OS. The molecule has 1 unspecified atom stereocenters. The molecule has 0 fully saturated rings. The molecule has 1 aromatic heterocycles. The maximum atomic E-state index is 12.7. The Kier molecular flexibility index (Phi) is 5.38. The molecule has 0 spiro atoms. The summed E-state index contributed by atoms with van der Waals surface area (Å²) in [6.45, 7) is 1.94. The van der Waals surface area contributed by atoms with Crippen molar-refractivity contribution >= 4 is 22.4 Å². The summed E-state index contributed by atoms with van der Waals surface area (Å²) >= 11 is 1.26. The molecule has 0 bridgehead atoms. The summed E-state index contributed by atoms with van der Waals surface area (Å²) in [6, 6.07) is 5.00. The highest BCUT2D eigenvalue weighted by molar-refractivity contribution is 7.13. The highest BCUT2D eigenvalue weighted by Crippen LogP contribution is 2.30. The summed E-state index contributed by atoms with van der Waals surface area (Å²) in [4.78, 5) is 16.2. The Morgan fingerprint density at radius 2 is 2.17 bits per heavy atom. The maximum Gasteiger partial charge on any atom is 0.416 e. The van der Waals surface area contributed by atoms with Gasteiger partial charge >= 0.3 is 6.18 Å². The zero-order valence-corrected chi connectivity index (χ0v) is 13.2. The van der Waals surface area contributed by atoms with Crippen LogP contribution in [0.2, 0.25) is 0 Å². The number of aromatic nitrogens is 1. The van der Waals surface area contributed by atoms with E-state index >= 15 is 0 Å². The highest BCUT2D eigenvalue weighted by atomic mass is 32.1. The van der Waals surface area contributed by atoms with Crippen LogP contribution in [0.3, 0.4) is 0 Å². The second-order valence-electron chi connectivity index (χ2n) is 5.14. The largest absolute Gasteiger partial charge is 0.416 e. The number of thiazole rings is 1. The number of nitrogens with two attached hydrogens (primary N) is 1. The number of hydrogen-bond acceptors (Lipinski definition) is 4. The number of rotatable bonds is 5. The van der Waals surface area contributed by atoms with Gasteiger partial charge in [0.05, 0.1) is 11.3 Å². The molecular weight excluding hydrogens is 327 g/mol. The minimum absolute atomic E-state index is 0.213. The molecule has 1 atom stereocenters. The van der Waals surface area contributed by atoms with Gasteiger partial charge in [-0.3, -0.25) is 4.79 Å². The summed E-state index contributed by atoms with van der Waals surface area (Å²) in [5, 5.41) is 4.83. The third-order valence-electron chi connectivity index (χ3n) is 3.23. The van der Waals surface area contributed by atoms with Crippen LogP contribution in [0.1, 0.15) is 23.7 Å². The lowest BCUT2D eigenvalue weighted by atomic mass is 9.99. The quantitative estimate of drug-likeness (QED) is 0.874. The molecule has 23 heavy (non-hydrogen) atoms. The van der Waals surface area contributed by atoms with Gasteiger partial charge in [-0.05, 0) is 18.1 Å². The van der Waals surface area contributed by atoms with E-state index < -0.39 is 17.7 Å². The van der Waals surface area contributed by atoms with Crippen molar-refractivity contribution in [2.75, 3.05) is 5.32 Å². The van der Waals surface area contributed by atoms with Crippen molar-refractivity contribution in [2.24, 2.45) is 11.7 Å². The molecule has 3 N–H and O–H groups in total. The first-order chi connectivity index (χ1) is 10.8. The van der Waals surface area contributed by atoms with Gasteiger partial charge in [0, 0.05) is 17.8 Å². The van der Waals surface area contributed by atoms with E-state index in [1.165, 1.54) is 17.4 Å². The lowest BCUT2D eigenvalue weighted by Crippen LogP contribution is -2.22. The number of nitrogens with zero attached hydrogens (tertiary/aromatic N) is 1. The zero-order valence-electron chi connectivity index (χ0n) is 12.4. The van der Waals surface area contributed by atoms with E-state index in [0.717, 1.165) is 12.1 Å². The highest BCUT2D eigenvalue weighted by Gasteiger charge is 2.30. The van der Waals surface area contributed by atoms with Crippen molar-refractivity contribution in [1.82, 2.24) is 4.98 Å². The fourth-order valence-corrected chi connectivity index (χ4v) is 2.73. The molecule has 2 rings (SSSR count). The molecule has 0 aliphatic heterocycles. The summed E-state index contributed by atoms with van der Waals surface area (Å²) in [7, 11) is 0. The first kappa shape index (κ1) is 17.4. The summed E-state index contributed by atoms with van der Waals surface area (Å²) in [5.74, 6) is -0.774. The van der Waals surface area contributed by atoms with E-state index in [9.17, 15) is 18.0 Å². The maximum absolute atomic E-state index is 12.7. The second-order valence-corrected chi connectivity index (χ2v) is 6.00. The summed E-state index contributed by atoms with van der Waals surface area (Å²) in [5.41, 5.74) is 5.87. The third-order valence-corrected chi connectivity index (χ3v) is 4.04. The molecule has 8 heteroatoms. The monoisotopic (exact) mass is 343 g/mol. The van der Waals surface area contributed by atoms with E-state index in [-0.39, 0.29) is 18.9 Å². The van der Waals surface area contributed by atoms with Gasteiger partial charge in [-0.2, -0.15) is 13.2 Å². The van der Waals surface area contributed by atoms with Crippen molar-refractivity contribution in [3.8, 4) is 0 Å². The Balaban J connectivity index is 2.00. The number of carbonyl (C=O) groups is 1. The van der Waals surface area contributed by atoms with E-state index in [4.69, 9.17) is 5.73 Å². The fraction of sp³-hybridized carbons (Fsp3) is 0.333. The molecule has 0 saturated heterocycles. The molecule has 1 amide bonds. The Labute approximate surface area is 135 Å². The molecule has 0 aliphatic rings. The van der Waals surface area contributed by atoms with E-state index in [1.807, 2.05) is 0 Å². The second kappa shape index (κ2) is 7.10. The molecule has 0 saturated carbocycles. The van der Waals surface area contributed by atoms with Gasteiger partial charge in [0.25, 0.3) is 0 Å². The van der Waals surface area contributed by atoms with Crippen LogP contribution in [0.4, 0.5) is 18.3 Å². The lowest BCUT2D eigenvalue weighted by molar-refractivity contribution is -0.137. The Morgan fingerprint density at radius 3 is 2.78 bits per heavy atom. The molecule has 124 valence electrons. The van der Waals surface area contributed by atoms with Gasteiger partial charge in [0.2, 0.25) is 5.91 Å². The van der Waals surface area contributed by atoms with Gasteiger partial charge in [0.1, 0.15) is 0 Å². The standard InChI is InChI=1S/C15H16F3N3OS/c1-9(13(22)21-14-20-12(7-19)8-23-14)5-10-3-2-4-11(6-10)15(16,17)18/h2-4,6,8-9H,5,7,19H2,1H3,(H,20,21,22). The fourth-order valence-electron chi connectivity index (χ4n) is 2.01. The number of benzene rings is 1. The Morgan fingerprint density at radius 1 is 1.43 bits per heavy atom. The van der Waals surface area contributed by atoms with Crippen molar-refractivity contribution in [3.05, 3.63) is 46.5 Å². The van der Waals surface area contributed by atoms with E-state index in [1.54, 1.807) is 18.4 Å². The first-order valence-electron chi connectivity index (χ1n) is 6.91. The van der Waals surface area contributed by atoms with Crippen LogP contribution in [0, 0.1) is 5.92 Å². The normalized spacial score (nSPS) is 12.9. The number of anilines is 1. The SMILES string of the molecule is CC(Cc1cccc(C(F)(F)F)c1)C(=O)Nc1nc(CN)cs1. The first-order valence-corrected chi connectivity index (χ1v) is 7.79. The van der Waals surface area contributed by atoms with Gasteiger partial charge in [-0.1, -0.05) is 25.1 Å². The van der Waals surface area contributed by atoms with Gasteiger partial charge in [-0.25, -0.2) is 4.98 Å². The van der Waals surface area contributed by atoms with Crippen molar-refractivity contribution < 1.29 is 18.0 Å². The number of amides is 1. The smallest absolute Gasteiger partial charge is 0.325 e. The molecule has 2 aromatic rings. The third kappa shape index (κ3) is 4.77. The van der Waals surface area contributed by atoms with Crippen LogP contribution in [0.15, 0.2) is 29.6 Å². The predicted octanol–water partition coefficient (Wildman–Crippen LogP) is 3.44. The number of halogens is 3. The van der Waals surface area contributed by atoms with Crippen LogP contribution in [-0.2, 0) is 23.9 Å². The summed E-state index contributed by atoms with van der Waals surface area (Å²) in [6.07, 6.45) is -4.17. The molecule has 1 aromatic carbocycles. The number of alkyl halides is 3. The zero-order chi connectivity index (χ0) is 17.0. The van der Waals surface area contributed by atoms with Gasteiger partial charge in [-0.15, -0.1) is 11.3 Å². The van der Waals surface area contributed by atoms with Crippen molar-refractivity contribution in [3.63, 3.8) is 0 Å². The minimum atomic E-state index is -4.39. The molecule has 0 aliphatic carbocycles. The van der Waals surface area contributed by atoms with Crippen LogP contribution in [0.25, 0.3) is 0 Å². The number of nitrogens with one attached hydrogen (secondary N) is 1. The number of hydrogen-bond donors (Lipinski definition) is 2. The van der Waals surface area contributed by atoms with Crippen molar-refractivity contribution in [2.45, 2.75) is 26.1 Å². The summed E-state index contributed by atoms with van der Waals surface area (Å²) < 4.78 is 38.1. The molecule has 0 radical (unpaired) electrons. The van der Waals surface area contributed by atoms with E-state index in [0.29, 0.717) is 16.4 Å². The molecule has 4 nitrogen and oxygen atoms in total. The van der Waals surface area contributed by atoms with Crippen LogP contribution < -0.4 is 11.1 Å². The average molecular weight is 343 g/mol. The average Bonchev–Trinajstić information content (AvgIpc) is 2.94. The lowest BCUT2D eigenvalue weighted by Gasteiger charge is -2.12. The van der Waals surface area contributed by atoms with E-state index in [2.05, 4.69) is 10.3 Å². The van der Waals surface area contributed by atoms with Crippen LogP contribution >= 0.6 is 11.3 Å². The minimum Gasteiger partial charge on any atom is -0.325 e. The molecule has 1 heterocycles. The topological polar surface area (TPSA) is 68.0 Å². The Bertz CT molecular complexity index is 685. The van der Waals surface area contributed by atoms with Gasteiger partial charge in [0.15, 0.2) is 5.13 Å². The van der Waals surface area contributed by atoms with Gasteiger partial charge < -0.3 is 11.1 Å². The van der Waals surface area contributed by atoms with Crippen LogP contribution in [-0.4, -0.2) is 10.9 Å². The van der Waals surface area contributed by atoms with Crippen molar-refractivity contribution in [1.29, 1.82) is 0 Å². The Hall–Kier alpha value is -1.93. The van der Waals surface area contributed by atoms with Crippen LogP contribution in [0.5, 0.6) is 0 Å². The number of carbonyl (C=O) groups excluding carboxylic acids is 1.